The summed E-state index contributed by atoms with van der Waals surface area (Å²) in [7, 11) is 0. The number of carbonyl (C=O) groups is 1. The zero-order valence-corrected chi connectivity index (χ0v) is 8.10. The lowest BCUT2D eigenvalue weighted by Gasteiger charge is -2.01. The van der Waals surface area contributed by atoms with Crippen molar-refractivity contribution in [2.75, 3.05) is 0 Å². The first-order valence-electron chi connectivity index (χ1n) is 4.62. The van der Waals surface area contributed by atoms with E-state index in [1.807, 2.05) is 0 Å². The molecule has 0 aromatic heterocycles. The quantitative estimate of drug-likeness (QED) is 0.377. The first-order valence-corrected chi connectivity index (χ1v) is 4.62. The number of rotatable bonds is 6. The Bertz CT molecular complexity index is 161. The first kappa shape index (κ1) is 11.2. The van der Waals surface area contributed by atoms with E-state index in [1.165, 1.54) is 19.3 Å². The molecule has 0 atom stereocenters. The van der Waals surface area contributed by atoms with Crippen molar-refractivity contribution < 1.29 is 4.79 Å². The van der Waals surface area contributed by atoms with Gasteiger partial charge in [-0.2, -0.15) is 0 Å². The fraction of sp³-hybridized carbons (Fsp3) is 0.700. The summed E-state index contributed by atoms with van der Waals surface area (Å²) in [4.78, 5) is 10.3. The van der Waals surface area contributed by atoms with Crippen molar-refractivity contribution in [2.24, 2.45) is 5.73 Å². The van der Waals surface area contributed by atoms with Gasteiger partial charge in [-0.05, 0) is 19.8 Å². The van der Waals surface area contributed by atoms with Crippen molar-refractivity contribution in [3.05, 3.63) is 11.3 Å². The van der Waals surface area contributed by atoms with Gasteiger partial charge in [0.2, 0.25) is 0 Å². The molecule has 0 fully saturated rings. The molecule has 0 aromatic rings. The average molecular weight is 169 g/mol. The molecule has 0 rings (SSSR count). The average Bonchev–Trinajstić information content (AvgIpc) is 2.10. The Morgan fingerprint density at radius 1 is 1.33 bits per heavy atom. The molecule has 0 aliphatic heterocycles. The van der Waals surface area contributed by atoms with E-state index in [1.54, 1.807) is 6.92 Å². The number of aldehydes is 1. The van der Waals surface area contributed by atoms with E-state index in [2.05, 4.69) is 6.92 Å². The minimum atomic E-state index is 0.687. The van der Waals surface area contributed by atoms with Crippen molar-refractivity contribution in [3.63, 3.8) is 0 Å². The minimum absolute atomic E-state index is 0.687. The monoisotopic (exact) mass is 169 g/mol. The molecule has 0 saturated carbocycles. The van der Waals surface area contributed by atoms with E-state index in [0.29, 0.717) is 5.57 Å². The van der Waals surface area contributed by atoms with Gasteiger partial charge in [0.25, 0.3) is 0 Å². The van der Waals surface area contributed by atoms with E-state index in [-0.39, 0.29) is 0 Å². The molecular weight excluding hydrogens is 150 g/mol. The Labute approximate surface area is 74.8 Å². The van der Waals surface area contributed by atoms with Crippen LogP contribution < -0.4 is 5.73 Å². The van der Waals surface area contributed by atoms with Gasteiger partial charge in [-0.1, -0.05) is 26.2 Å². The second-order valence-corrected chi connectivity index (χ2v) is 3.14. The van der Waals surface area contributed by atoms with Crippen LogP contribution in [0.1, 0.15) is 46.0 Å². The molecule has 0 amide bonds. The summed E-state index contributed by atoms with van der Waals surface area (Å²) in [6, 6.07) is 0. The number of hydrogen-bond acceptors (Lipinski definition) is 2. The number of hydrogen-bond donors (Lipinski definition) is 1. The summed E-state index contributed by atoms with van der Waals surface area (Å²) in [6.45, 7) is 3.94. The Balaban J connectivity index is 3.56. The van der Waals surface area contributed by atoms with Gasteiger partial charge < -0.3 is 5.73 Å². The zero-order chi connectivity index (χ0) is 9.40. The van der Waals surface area contributed by atoms with Crippen LogP contribution in [0.15, 0.2) is 11.3 Å². The minimum Gasteiger partial charge on any atom is -0.402 e. The van der Waals surface area contributed by atoms with Gasteiger partial charge in [-0.25, -0.2) is 0 Å². The van der Waals surface area contributed by atoms with Crippen molar-refractivity contribution in [3.8, 4) is 0 Å². The number of nitrogens with two attached hydrogens (primary N) is 1. The van der Waals surface area contributed by atoms with Gasteiger partial charge in [0.1, 0.15) is 6.29 Å². The van der Waals surface area contributed by atoms with Crippen molar-refractivity contribution >= 4 is 6.29 Å². The van der Waals surface area contributed by atoms with E-state index >= 15 is 0 Å². The highest BCUT2D eigenvalue weighted by Crippen LogP contribution is 2.08. The van der Waals surface area contributed by atoms with Crippen molar-refractivity contribution in [1.82, 2.24) is 0 Å². The summed E-state index contributed by atoms with van der Waals surface area (Å²) < 4.78 is 0. The van der Waals surface area contributed by atoms with Gasteiger partial charge >= 0.3 is 0 Å². The Morgan fingerprint density at radius 3 is 2.50 bits per heavy atom. The lowest BCUT2D eigenvalue weighted by Crippen LogP contribution is -2.01. The Morgan fingerprint density at radius 2 is 2.00 bits per heavy atom. The zero-order valence-electron chi connectivity index (χ0n) is 8.10. The Kier molecular flexibility index (Phi) is 6.44. The van der Waals surface area contributed by atoms with Crippen LogP contribution in [0.3, 0.4) is 0 Å². The van der Waals surface area contributed by atoms with Gasteiger partial charge in [0.15, 0.2) is 0 Å². The van der Waals surface area contributed by atoms with Gasteiger partial charge in [0, 0.05) is 11.3 Å². The number of allylic oxidation sites excluding steroid dienone is 2. The molecule has 0 aliphatic rings. The third-order valence-electron chi connectivity index (χ3n) is 1.98. The highest BCUT2D eigenvalue weighted by Gasteiger charge is 1.96. The molecule has 2 nitrogen and oxygen atoms in total. The largest absolute Gasteiger partial charge is 0.402 e. The van der Waals surface area contributed by atoms with Crippen LogP contribution >= 0.6 is 0 Å². The first-order chi connectivity index (χ1) is 5.72. The summed E-state index contributed by atoms with van der Waals surface area (Å²) in [5.74, 6) is 0. The maximum absolute atomic E-state index is 10.3. The number of unbranched alkanes of at least 4 members (excludes halogenated alkanes) is 3. The molecule has 12 heavy (non-hydrogen) atoms. The fourth-order valence-corrected chi connectivity index (χ4v) is 1.02. The topological polar surface area (TPSA) is 43.1 Å². The second kappa shape index (κ2) is 6.89. The summed E-state index contributed by atoms with van der Waals surface area (Å²) >= 11 is 0. The predicted octanol–water partition coefficient (Wildman–Crippen LogP) is 2.39. The molecule has 0 radical (unpaired) electrons. The lowest BCUT2D eigenvalue weighted by atomic mass is 10.1. The standard InChI is InChI=1S/C10H19NO/c1-3-4-5-6-7-10(11)9(2)8-12/h8H,3-7,11H2,1-2H3. The molecule has 0 heterocycles. The van der Waals surface area contributed by atoms with Crippen LogP contribution in [-0.4, -0.2) is 6.29 Å². The van der Waals surface area contributed by atoms with Crippen LogP contribution in [0.25, 0.3) is 0 Å². The van der Waals surface area contributed by atoms with E-state index in [4.69, 9.17) is 5.73 Å². The van der Waals surface area contributed by atoms with Gasteiger partial charge in [-0.15, -0.1) is 0 Å². The van der Waals surface area contributed by atoms with Crippen molar-refractivity contribution in [2.45, 2.75) is 46.0 Å². The molecule has 0 aromatic carbocycles. The summed E-state index contributed by atoms with van der Waals surface area (Å²) in [5.41, 5.74) is 7.10. The van der Waals surface area contributed by atoms with Crippen LogP contribution in [-0.2, 0) is 4.79 Å². The molecule has 0 saturated heterocycles. The second-order valence-electron chi connectivity index (χ2n) is 3.14. The fourth-order valence-electron chi connectivity index (χ4n) is 1.02. The predicted molar refractivity (Wildman–Crippen MR) is 51.7 cm³/mol. The van der Waals surface area contributed by atoms with Crippen LogP contribution in [0.4, 0.5) is 0 Å². The molecular formula is C10H19NO. The maximum atomic E-state index is 10.3. The summed E-state index contributed by atoms with van der Waals surface area (Å²) in [5, 5.41) is 0. The summed E-state index contributed by atoms with van der Waals surface area (Å²) in [6.07, 6.45) is 6.50. The highest BCUT2D eigenvalue weighted by molar-refractivity contribution is 5.73. The maximum Gasteiger partial charge on any atom is 0.147 e. The molecule has 0 spiro atoms. The van der Waals surface area contributed by atoms with Crippen LogP contribution in [0, 0.1) is 0 Å². The molecule has 0 unspecified atom stereocenters. The molecule has 0 aliphatic carbocycles. The van der Waals surface area contributed by atoms with Gasteiger partial charge in [-0.3, -0.25) is 4.79 Å². The third kappa shape index (κ3) is 4.94. The van der Waals surface area contributed by atoms with E-state index in [9.17, 15) is 4.79 Å². The van der Waals surface area contributed by atoms with E-state index < -0.39 is 0 Å². The molecule has 70 valence electrons. The normalized spacial score (nSPS) is 12.5. The number of carbonyl (C=O) groups excluding carboxylic acids is 1. The smallest absolute Gasteiger partial charge is 0.147 e. The van der Waals surface area contributed by atoms with E-state index in [0.717, 1.165) is 24.8 Å². The SMILES string of the molecule is CCCCCCC(N)=C(C)C=O. The third-order valence-corrected chi connectivity index (χ3v) is 1.98. The van der Waals surface area contributed by atoms with Crippen LogP contribution in [0.5, 0.6) is 0 Å². The van der Waals surface area contributed by atoms with Gasteiger partial charge in [0.05, 0.1) is 0 Å². The molecule has 2 N–H and O–H groups in total. The molecule has 2 heteroatoms. The highest BCUT2D eigenvalue weighted by atomic mass is 16.1. The molecule has 0 bridgehead atoms. The Hall–Kier alpha value is -0.790. The van der Waals surface area contributed by atoms with Crippen molar-refractivity contribution in [1.29, 1.82) is 0 Å². The lowest BCUT2D eigenvalue weighted by molar-refractivity contribution is -0.104. The van der Waals surface area contributed by atoms with Crippen LogP contribution in [0.2, 0.25) is 0 Å².